The Labute approximate surface area is 124 Å². The molecule has 2 aromatic rings. The Morgan fingerprint density at radius 2 is 2.00 bits per heavy atom. The molecule has 1 N–H and O–H groups in total. The summed E-state index contributed by atoms with van der Waals surface area (Å²) in [5.74, 6) is 0.925. The van der Waals surface area contributed by atoms with E-state index in [0.717, 1.165) is 12.0 Å². The smallest absolute Gasteiger partial charge is 0.243 e. The van der Waals surface area contributed by atoms with Crippen LogP contribution in [0.2, 0.25) is 0 Å². The van der Waals surface area contributed by atoms with Gasteiger partial charge in [0.25, 0.3) is 0 Å². The molecule has 0 radical (unpaired) electrons. The number of tetrazole rings is 1. The fourth-order valence-corrected chi connectivity index (χ4v) is 1.89. The fraction of sp³-hybridized carbons (Fsp3) is 0.467. The third kappa shape index (κ3) is 4.11. The van der Waals surface area contributed by atoms with Crippen LogP contribution in [-0.2, 0) is 11.3 Å². The quantitative estimate of drug-likeness (QED) is 0.882. The van der Waals surface area contributed by atoms with Gasteiger partial charge in [-0.2, -0.15) is 4.80 Å². The molecule has 21 heavy (non-hydrogen) atoms. The van der Waals surface area contributed by atoms with Gasteiger partial charge in [0.2, 0.25) is 11.7 Å². The largest absolute Gasteiger partial charge is 0.354 e. The van der Waals surface area contributed by atoms with Gasteiger partial charge in [-0.25, -0.2) is 0 Å². The van der Waals surface area contributed by atoms with Crippen molar-refractivity contribution in [3.63, 3.8) is 0 Å². The molecule has 1 aromatic heterocycles. The van der Waals surface area contributed by atoms with Crippen molar-refractivity contribution < 1.29 is 4.79 Å². The van der Waals surface area contributed by atoms with E-state index in [9.17, 15) is 4.79 Å². The van der Waals surface area contributed by atoms with E-state index in [-0.39, 0.29) is 12.5 Å². The Balaban J connectivity index is 2.03. The minimum absolute atomic E-state index is 0.0943. The molecule has 1 amide bonds. The van der Waals surface area contributed by atoms with E-state index in [1.807, 2.05) is 19.1 Å². The van der Waals surface area contributed by atoms with Gasteiger partial charge in [0, 0.05) is 12.1 Å². The lowest BCUT2D eigenvalue weighted by atomic mass is 10.0. The molecule has 0 aliphatic rings. The lowest BCUT2D eigenvalue weighted by molar-refractivity contribution is -0.122. The summed E-state index contributed by atoms with van der Waals surface area (Å²) < 4.78 is 0. The molecule has 0 atom stereocenters. The van der Waals surface area contributed by atoms with Crippen molar-refractivity contribution in [1.82, 2.24) is 25.5 Å². The number of carbonyl (C=O) groups is 1. The van der Waals surface area contributed by atoms with E-state index in [2.05, 4.69) is 46.7 Å². The highest BCUT2D eigenvalue weighted by Crippen LogP contribution is 2.19. The maximum Gasteiger partial charge on any atom is 0.243 e. The first-order chi connectivity index (χ1) is 10.1. The monoisotopic (exact) mass is 287 g/mol. The molecule has 0 fully saturated rings. The van der Waals surface area contributed by atoms with Crippen LogP contribution in [0, 0.1) is 0 Å². The maximum atomic E-state index is 11.6. The zero-order chi connectivity index (χ0) is 15.2. The van der Waals surface area contributed by atoms with Crippen molar-refractivity contribution in [2.24, 2.45) is 0 Å². The molecule has 0 unspecified atom stereocenters. The number of rotatable bonds is 6. The lowest BCUT2D eigenvalue weighted by Gasteiger charge is -2.04. The van der Waals surface area contributed by atoms with Crippen LogP contribution in [0.1, 0.15) is 38.7 Å². The second-order valence-corrected chi connectivity index (χ2v) is 5.27. The SMILES string of the molecule is CCCNC(=O)Cn1nnc(-c2ccc(C(C)C)cc2)n1. The summed E-state index contributed by atoms with van der Waals surface area (Å²) in [6.07, 6.45) is 0.907. The van der Waals surface area contributed by atoms with E-state index < -0.39 is 0 Å². The van der Waals surface area contributed by atoms with Crippen molar-refractivity contribution in [3.8, 4) is 11.4 Å². The summed E-state index contributed by atoms with van der Waals surface area (Å²) >= 11 is 0. The molecule has 1 heterocycles. The molecule has 0 aliphatic carbocycles. The van der Waals surface area contributed by atoms with Crippen LogP contribution in [0.25, 0.3) is 11.4 Å². The van der Waals surface area contributed by atoms with Crippen LogP contribution in [-0.4, -0.2) is 32.7 Å². The van der Waals surface area contributed by atoms with Crippen LogP contribution < -0.4 is 5.32 Å². The number of carbonyl (C=O) groups excluding carboxylic acids is 1. The molecule has 1 aromatic carbocycles. The minimum Gasteiger partial charge on any atom is -0.354 e. The van der Waals surface area contributed by atoms with Crippen molar-refractivity contribution in [1.29, 1.82) is 0 Å². The average Bonchev–Trinajstić information content (AvgIpc) is 2.93. The first kappa shape index (κ1) is 15.2. The van der Waals surface area contributed by atoms with Gasteiger partial charge in [0.05, 0.1) is 0 Å². The molecule has 112 valence electrons. The highest BCUT2D eigenvalue weighted by atomic mass is 16.2. The third-order valence-corrected chi connectivity index (χ3v) is 3.15. The Morgan fingerprint density at radius 3 is 2.62 bits per heavy atom. The second-order valence-electron chi connectivity index (χ2n) is 5.27. The topological polar surface area (TPSA) is 72.7 Å². The zero-order valence-corrected chi connectivity index (χ0v) is 12.7. The van der Waals surface area contributed by atoms with Crippen molar-refractivity contribution in [2.45, 2.75) is 39.7 Å². The molecular formula is C15H21N5O. The number of nitrogens with zero attached hydrogens (tertiary/aromatic N) is 4. The summed E-state index contributed by atoms with van der Waals surface area (Å²) in [7, 11) is 0. The molecular weight excluding hydrogens is 266 g/mol. The van der Waals surface area contributed by atoms with Gasteiger partial charge in [-0.3, -0.25) is 4.79 Å². The van der Waals surface area contributed by atoms with Gasteiger partial charge in [-0.1, -0.05) is 45.0 Å². The van der Waals surface area contributed by atoms with Gasteiger partial charge >= 0.3 is 0 Å². The predicted octanol–water partition coefficient (Wildman–Crippen LogP) is 1.99. The summed E-state index contributed by atoms with van der Waals surface area (Å²) in [5.41, 5.74) is 2.17. The van der Waals surface area contributed by atoms with E-state index in [1.165, 1.54) is 10.4 Å². The first-order valence-corrected chi connectivity index (χ1v) is 7.25. The molecule has 6 nitrogen and oxygen atoms in total. The normalized spacial score (nSPS) is 10.9. The van der Waals surface area contributed by atoms with E-state index in [1.54, 1.807) is 0 Å². The molecule has 6 heteroatoms. The van der Waals surface area contributed by atoms with Gasteiger partial charge in [0.1, 0.15) is 6.54 Å². The molecule has 0 aliphatic heterocycles. The number of amides is 1. The van der Waals surface area contributed by atoms with Gasteiger partial charge in [-0.05, 0) is 23.1 Å². The summed E-state index contributed by atoms with van der Waals surface area (Å²) in [4.78, 5) is 12.9. The average molecular weight is 287 g/mol. The van der Waals surface area contributed by atoms with Crippen LogP contribution in [0.15, 0.2) is 24.3 Å². The molecule has 0 saturated carbocycles. The van der Waals surface area contributed by atoms with Crippen LogP contribution in [0.4, 0.5) is 0 Å². The number of aromatic nitrogens is 4. The maximum absolute atomic E-state index is 11.6. The first-order valence-electron chi connectivity index (χ1n) is 7.25. The Bertz CT molecular complexity index is 588. The predicted molar refractivity (Wildman–Crippen MR) is 80.6 cm³/mol. The van der Waals surface area contributed by atoms with Crippen LogP contribution in [0.3, 0.4) is 0 Å². The number of benzene rings is 1. The Kier molecular flexibility index (Phi) is 5.03. The summed E-state index contributed by atoms with van der Waals surface area (Å²) in [6, 6.07) is 8.09. The second kappa shape index (κ2) is 6.97. The summed E-state index contributed by atoms with van der Waals surface area (Å²) in [6.45, 7) is 7.07. The Morgan fingerprint density at radius 1 is 1.29 bits per heavy atom. The number of nitrogens with one attached hydrogen (secondary N) is 1. The fourth-order valence-electron chi connectivity index (χ4n) is 1.89. The van der Waals surface area contributed by atoms with Gasteiger partial charge in [0.15, 0.2) is 0 Å². The Hall–Kier alpha value is -2.24. The summed E-state index contributed by atoms with van der Waals surface area (Å²) in [5, 5.41) is 14.9. The van der Waals surface area contributed by atoms with Crippen molar-refractivity contribution in [2.75, 3.05) is 6.54 Å². The van der Waals surface area contributed by atoms with Crippen LogP contribution >= 0.6 is 0 Å². The number of hydrogen-bond acceptors (Lipinski definition) is 4. The van der Waals surface area contributed by atoms with Crippen molar-refractivity contribution >= 4 is 5.91 Å². The molecule has 2 rings (SSSR count). The highest BCUT2D eigenvalue weighted by molar-refractivity contribution is 5.75. The van der Waals surface area contributed by atoms with Gasteiger partial charge in [-0.15, -0.1) is 10.2 Å². The minimum atomic E-state index is -0.101. The van der Waals surface area contributed by atoms with E-state index in [4.69, 9.17) is 0 Å². The van der Waals surface area contributed by atoms with E-state index >= 15 is 0 Å². The molecule has 0 bridgehead atoms. The van der Waals surface area contributed by atoms with Crippen molar-refractivity contribution in [3.05, 3.63) is 29.8 Å². The highest BCUT2D eigenvalue weighted by Gasteiger charge is 2.09. The van der Waals surface area contributed by atoms with Crippen LogP contribution in [0.5, 0.6) is 0 Å². The number of hydrogen-bond donors (Lipinski definition) is 1. The zero-order valence-electron chi connectivity index (χ0n) is 12.7. The molecule has 0 spiro atoms. The standard InChI is InChI=1S/C15H21N5O/c1-4-9-16-14(21)10-20-18-15(17-19-20)13-7-5-12(6-8-13)11(2)3/h5-8,11H,4,9-10H2,1-3H3,(H,16,21). The van der Waals surface area contributed by atoms with Gasteiger partial charge < -0.3 is 5.32 Å². The third-order valence-electron chi connectivity index (χ3n) is 3.15. The van der Waals surface area contributed by atoms with E-state index in [0.29, 0.717) is 18.3 Å². The molecule has 0 saturated heterocycles. The lowest BCUT2D eigenvalue weighted by Crippen LogP contribution is -2.29.